The van der Waals surface area contributed by atoms with Gasteiger partial charge in [-0.1, -0.05) is 0 Å². The van der Waals surface area contributed by atoms with Crippen LogP contribution in [0.15, 0.2) is 6.07 Å². The van der Waals surface area contributed by atoms with E-state index in [1.54, 1.807) is 0 Å². The van der Waals surface area contributed by atoms with Gasteiger partial charge in [0, 0.05) is 35.9 Å². The van der Waals surface area contributed by atoms with Crippen LogP contribution < -0.4 is 10.6 Å². The largest absolute Gasteiger partial charge is 0.507 e. The van der Waals surface area contributed by atoms with Gasteiger partial charge in [0.15, 0.2) is 0 Å². The molecule has 0 amide bonds. The molecule has 2 heterocycles. The standard InChI is InChI=1S/C14H20N2O/c1-9(15)12-8-10-4-2-6-16-7-3-5-11(13(10)16)14(12)17/h8-9,17H,2-7,15H2,1H3. The first-order valence-corrected chi connectivity index (χ1v) is 6.56. The molecule has 0 spiro atoms. The van der Waals surface area contributed by atoms with Gasteiger partial charge in [0.05, 0.1) is 0 Å². The lowest BCUT2D eigenvalue weighted by Gasteiger charge is -2.38. The van der Waals surface area contributed by atoms with Crippen LogP contribution in [0.25, 0.3) is 0 Å². The molecule has 1 unspecified atom stereocenters. The van der Waals surface area contributed by atoms with Crippen LogP contribution in [0.5, 0.6) is 5.75 Å². The van der Waals surface area contributed by atoms with Gasteiger partial charge in [-0.2, -0.15) is 0 Å². The van der Waals surface area contributed by atoms with Gasteiger partial charge < -0.3 is 15.7 Å². The summed E-state index contributed by atoms with van der Waals surface area (Å²) < 4.78 is 0. The van der Waals surface area contributed by atoms with Gasteiger partial charge in [-0.15, -0.1) is 0 Å². The molecule has 92 valence electrons. The molecule has 2 aliphatic rings. The highest BCUT2D eigenvalue weighted by molar-refractivity contribution is 5.69. The van der Waals surface area contributed by atoms with Crippen LogP contribution >= 0.6 is 0 Å². The van der Waals surface area contributed by atoms with Crippen molar-refractivity contribution in [2.24, 2.45) is 5.73 Å². The van der Waals surface area contributed by atoms with E-state index in [0.717, 1.165) is 43.5 Å². The Morgan fingerprint density at radius 1 is 1.29 bits per heavy atom. The molecule has 17 heavy (non-hydrogen) atoms. The van der Waals surface area contributed by atoms with E-state index < -0.39 is 0 Å². The summed E-state index contributed by atoms with van der Waals surface area (Å²) in [6.45, 7) is 4.21. The Kier molecular flexibility index (Phi) is 2.51. The molecule has 1 aromatic carbocycles. The zero-order valence-corrected chi connectivity index (χ0v) is 10.4. The van der Waals surface area contributed by atoms with Gasteiger partial charge in [0.1, 0.15) is 5.75 Å². The monoisotopic (exact) mass is 232 g/mol. The molecular weight excluding hydrogens is 212 g/mol. The molecule has 0 fully saturated rings. The van der Waals surface area contributed by atoms with Crippen LogP contribution in [0.1, 0.15) is 42.5 Å². The van der Waals surface area contributed by atoms with E-state index in [0.29, 0.717) is 5.75 Å². The highest BCUT2D eigenvalue weighted by Crippen LogP contribution is 2.43. The second-order valence-corrected chi connectivity index (χ2v) is 5.28. The number of rotatable bonds is 1. The van der Waals surface area contributed by atoms with Crippen LogP contribution in [0.2, 0.25) is 0 Å². The van der Waals surface area contributed by atoms with Crippen molar-refractivity contribution in [1.82, 2.24) is 0 Å². The number of nitrogens with zero attached hydrogens (tertiary/aromatic N) is 1. The summed E-state index contributed by atoms with van der Waals surface area (Å²) in [7, 11) is 0. The number of benzene rings is 1. The zero-order chi connectivity index (χ0) is 12.0. The van der Waals surface area contributed by atoms with Crippen molar-refractivity contribution in [2.45, 2.75) is 38.6 Å². The van der Waals surface area contributed by atoms with Crippen molar-refractivity contribution < 1.29 is 5.11 Å². The van der Waals surface area contributed by atoms with E-state index in [1.807, 2.05) is 6.92 Å². The fourth-order valence-electron chi connectivity index (χ4n) is 3.22. The van der Waals surface area contributed by atoms with Gasteiger partial charge in [-0.05, 0) is 44.2 Å². The Labute approximate surface area is 102 Å². The zero-order valence-electron chi connectivity index (χ0n) is 10.4. The summed E-state index contributed by atoms with van der Waals surface area (Å²) in [4.78, 5) is 2.43. The minimum absolute atomic E-state index is 0.0890. The van der Waals surface area contributed by atoms with E-state index in [1.165, 1.54) is 17.7 Å². The van der Waals surface area contributed by atoms with Crippen LogP contribution in [-0.4, -0.2) is 18.2 Å². The predicted molar refractivity (Wildman–Crippen MR) is 69.6 cm³/mol. The summed E-state index contributed by atoms with van der Waals surface area (Å²) in [6.07, 6.45) is 4.47. The number of phenols is 1. The molecule has 2 aliphatic heterocycles. The number of hydrogen-bond donors (Lipinski definition) is 2. The third-order valence-electron chi connectivity index (χ3n) is 4.01. The molecule has 3 N–H and O–H groups in total. The fraction of sp³-hybridized carbons (Fsp3) is 0.571. The van der Waals surface area contributed by atoms with Crippen molar-refractivity contribution in [3.8, 4) is 5.75 Å². The quantitative estimate of drug-likeness (QED) is 0.779. The molecule has 3 nitrogen and oxygen atoms in total. The maximum atomic E-state index is 10.4. The Hall–Kier alpha value is -1.22. The second-order valence-electron chi connectivity index (χ2n) is 5.28. The molecule has 0 bridgehead atoms. The number of nitrogens with two attached hydrogens (primary N) is 1. The molecule has 3 heteroatoms. The van der Waals surface area contributed by atoms with Crippen molar-refractivity contribution in [3.63, 3.8) is 0 Å². The average Bonchev–Trinajstić information content (AvgIpc) is 2.33. The second kappa shape index (κ2) is 3.91. The summed E-state index contributed by atoms with van der Waals surface area (Å²) in [5.74, 6) is 0.449. The predicted octanol–water partition coefficient (Wildman–Crippen LogP) is 2.11. The molecule has 0 radical (unpaired) electrons. The van der Waals surface area contributed by atoms with E-state index in [-0.39, 0.29) is 6.04 Å². The molecule has 3 rings (SSSR count). The van der Waals surface area contributed by atoms with E-state index in [4.69, 9.17) is 5.73 Å². The Morgan fingerprint density at radius 2 is 2.00 bits per heavy atom. The number of aromatic hydroxyl groups is 1. The maximum Gasteiger partial charge on any atom is 0.125 e. The SMILES string of the molecule is CC(N)c1cc2c3c(c1O)CCCN3CCC2. The normalized spacial score (nSPS) is 20.0. The van der Waals surface area contributed by atoms with Crippen molar-refractivity contribution >= 4 is 5.69 Å². The summed E-state index contributed by atoms with van der Waals surface area (Å²) in [5, 5.41) is 10.4. The molecule has 0 aliphatic carbocycles. The van der Waals surface area contributed by atoms with E-state index in [9.17, 15) is 5.11 Å². The van der Waals surface area contributed by atoms with Crippen LogP contribution in [-0.2, 0) is 12.8 Å². The highest BCUT2D eigenvalue weighted by atomic mass is 16.3. The third kappa shape index (κ3) is 1.61. The van der Waals surface area contributed by atoms with Gasteiger partial charge in [0.25, 0.3) is 0 Å². The summed E-state index contributed by atoms with van der Waals surface area (Å²) >= 11 is 0. The highest BCUT2D eigenvalue weighted by Gasteiger charge is 2.28. The van der Waals surface area contributed by atoms with Crippen molar-refractivity contribution in [1.29, 1.82) is 0 Å². The number of hydrogen-bond acceptors (Lipinski definition) is 3. The molecule has 1 aromatic rings. The summed E-state index contributed by atoms with van der Waals surface area (Å²) in [5.41, 5.74) is 10.7. The Bertz CT molecular complexity index is 452. The van der Waals surface area contributed by atoms with E-state index in [2.05, 4.69) is 11.0 Å². The summed E-state index contributed by atoms with van der Waals surface area (Å²) in [6, 6.07) is 2.03. The Morgan fingerprint density at radius 3 is 2.71 bits per heavy atom. The smallest absolute Gasteiger partial charge is 0.125 e. The molecular formula is C14H20N2O. The lowest BCUT2D eigenvalue weighted by Crippen LogP contribution is -2.34. The van der Waals surface area contributed by atoms with Crippen LogP contribution in [0.4, 0.5) is 5.69 Å². The third-order valence-corrected chi connectivity index (χ3v) is 4.01. The molecule has 0 saturated carbocycles. The molecule has 1 atom stereocenters. The number of phenolic OH excluding ortho intramolecular Hbond substituents is 1. The first-order chi connectivity index (χ1) is 8.18. The van der Waals surface area contributed by atoms with Gasteiger partial charge in [-0.3, -0.25) is 0 Å². The van der Waals surface area contributed by atoms with Crippen molar-refractivity contribution in [2.75, 3.05) is 18.0 Å². The molecule has 0 saturated heterocycles. The average molecular weight is 232 g/mol. The number of aryl methyl sites for hydroxylation is 1. The first kappa shape index (κ1) is 10.9. The lowest BCUT2D eigenvalue weighted by atomic mass is 9.88. The van der Waals surface area contributed by atoms with Gasteiger partial charge in [-0.25, -0.2) is 0 Å². The van der Waals surface area contributed by atoms with Gasteiger partial charge >= 0.3 is 0 Å². The topological polar surface area (TPSA) is 49.5 Å². The minimum Gasteiger partial charge on any atom is -0.507 e. The van der Waals surface area contributed by atoms with Gasteiger partial charge in [0.2, 0.25) is 0 Å². The number of anilines is 1. The first-order valence-electron chi connectivity index (χ1n) is 6.56. The minimum atomic E-state index is -0.0890. The Balaban J connectivity index is 2.22. The fourth-order valence-corrected chi connectivity index (χ4v) is 3.22. The maximum absolute atomic E-state index is 10.4. The van der Waals surface area contributed by atoms with Crippen LogP contribution in [0, 0.1) is 0 Å². The van der Waals surface area contributed by atoms with Crippen LogP contribution in [0.3, 0.4) is 0 Å². The lowest BCUT2D eigenvalue weighted by molar-refractivity contribution is 0.451. The van der Waals surface area contributed by atoms with E-state index >= 15 is 0 Å². The van der Waals surface area contributed by atoms with Crippen molar-refractivity contribution in [3.05, 3.63) is 22.8 Å². The molecule has 0 aromatic heterocycles.